The number of nitrogens with zero attached hydrogens (tertiary/aromatic N) is 1. The van der Waals surface area contributed by atoms with Crippen molar-refractivity contribution in [3.05, 3.63) is 0 Å². The van der Waals surface area contributed by atoms with Crippen molar-refractivity contribution in [2.45, 2.75) is 70.9 Å². The first-order chi connectivity index (χ1) is 8.71. The summed E-state index contributed by atoms with van der Waals surface area (Å²) in [4.78, 5) is 14.1. The lowest BCUT2D eigenvalue weighted by Crippen LogP contribution is -2.53. The molecule has 0 N–H and O–H groups in total. The average Bonchev–Trinajstić information content (AvgIpc) is 2.81. The number of amides is 1. The summed E-state index contributed by atoms with van der Waals surface area (Å²) in [5, 5.41) is 0. The fraction of sp³-hybridized carbons (Fsp3) is 0.929. The summed E-state index contributed by atoms with van der Waals surface area (Å²) >= 11 is 0. The maximum absolute atomic E-state index is 12.4. The highest BCUT2D eigenvalue weighted by molar-refractivity contribution is 5.69. The summed E-state index contributed by atoms with van der Waals surface area (Å²) in [5.41, 5.74) is -1.14. The molecule has 2 saturated heterocycles. The zero-order chi connectivity index (χ0) is 14.3. The second-order valence-corrected chi connectivity index (χ2v) is 6.73. The van der Waals surface area contributed by atoms with Crippen molar-refractivity contribution in [3.8, 4) is 0 Å². The molecule has 0 radical (unpaired) electrons. The second-order valence-electron chi connectivity index (χ2n) is 6.73. The van der Waals surface area contributed by atoms with Gasteiger partial charge in [-0.2, -0.15) is 0 Å². The first-order valence-corrected chi connectivity index (χ1v) is 6.98. The molecule has 19 heavy (non-hydrogen) atoms. The molecule has 0 bridgehead atoms. The fourth-order valence-corrected chi connectivity index (χ4v) is 2.68. The lowest BCUT2D eigenvalue weighted by molar-refractivity contribution is -0.0687. The summed E-state index contributed by atoms with van der Waals surface area (Å²) in [6.07, 6.45) is 1.76. The summed E-state index contributed by atoms with van der Waals surface area (Å²) in [6, 6.07) is -0.0488. The topological polar surface area (TPSA) is 48.0 Å². The Morgan fingerprint density at radius 3 is 2.58 bits per heavy atom. The molecule has 0 aromatic rings. The van der Waals surface area contributed by atoms with Crippen LogP contribution in [-0.2, 0) is 14.2 Å². The van der Waals surface area contributed by atoms with E-state index < -0.39 is 11.3 Å². The fourth-order valence-electron chi connectivity index (χ4n) is 2.68. The molecule has 0 saturated carbocycles. The van der Waals surface area contributed by atoms with Gasteiger partial charge in [0.15, 0.2) is 0 Å². The molecule has 2 rings (SSSR count). The Kier molecular flexibility index (Phi) is 3.80. The van der Waals surface area contributed by atoms with Crippen molar-refractivity contribution in [1.82, 2.24) is 4.90 Å². The highest BCUT2D eigenvalue weighted by Crippen LogP contribution is 2.34. The van der Waals surface area contributed by atoms with Crippen LogP contribution in [0.2, 0.25) is 0 Å². The number of carbonyl (C=O) groups is 1. The van der Waals surface area contributed by atoms with E-state index in [0.29, 0.717) is 6.61 Å². The number of hydrogen-bond acceptors (Lipinski definition) is 4. The number of ether oxygens (including phenoxy) is 3. The molecule has 110 valence electrons. The Balaban J connectivity index is 2.14. The van der Waals surface area contributed by atoms with E-state index in [2.05, 4.69) is 0 Å². The van der Waals surface area contributed by atoms with Gasteiger partial charge in [0.1, 0.15) is 11.3 Å². The quantitative estimate of drug-likeness (QED) is 0.735. The average molecular weight is 271 g/mol. The Hall–Kier alpha value is -0.810. The molecule has 2 aliphatic rings. The SMILES string of the molecule is CC(C)(C)OC(=O)N1[C@H]([C@@H]2CCCO2)COC1(C)C. The molecular weight excluding hydrogens is 246 g/mol. The minimum absolute atomic E-state index is 0.0488. The molecule has 0 aromatic carbocycles. The van der Waals surface area contributed by atoms with Gasteiger partial charge in [0.05, 0.1) is 18.8 Å². The summed E-state index contributed by atoms with van der Waals surface area (Å²) in [5.74, 6) is 0. The standard InChI is InChI=1S/C14H25NO4/c1-13(2,3)19-12(16)15-10(9-18-14(15,4)5)11-7-6-8-17-11/h10-11H,6-9H2,1-5H3/t10-,11-/m0/s1. The van der Waals surface area contributed by atoms with Crippen molar-refractivity contribution in [3.63, 3.8) is 0 Å². The lowest BCUT2D eigenvalue weighted by Gasteiger charge is -2.36. The molecular formula is C14H25NO4. The van der Waals surface area contributed by atoms with Gasteiger partial charge in [0.25, 0.3) is 0 Å². The highest BCUT2D eigenvalue weighted by atomic mass is 16.6. The first-order valence-electron chi connectivity index (χ1n) is 6.98. The molecule has 0 unspecified atom stereocenters. The van der Waals surface area contributed by atoms with Crippen molar-refractivity contribution in [1.29, 1.82) is 0 Å². The van der Waals surface area contributed by atoms with Crippen LogP contribution >= 0.6 is 0 Å². The molecule has 2 heterocycles. The van der Waals surface area contributed by atoms with Gasteiger partial charge in [-0.05, 0) is 47.5 Å². The monoisotopic (exact) mass is 271 g/mol. The highest BCUT2D eigenvalue weighted by Gasteiger charge is 2.49. The minimum atomic E-state index is -0.640. The van der Waals surface area contributed by atoms with Gasteiger partial charge in [0.2, 0.25) is 0 Å². The maximum Gasteiger partial charge on any atom is 0.412 e. The molecule has 0 aliphatic carbocycles. The summed E-state index contributed by atoms with van der Waals surface area (Å²) in [7, 11) is 0. The number of rotatable bonds is 1. The maximum atomic E-state index is 12.4. The molecule has 5 heteroatoms. The van der Waals surface area contributed by atoms with Gasteiger partial charge in [-0.25, -0.2) is 4.79 Å². The van der Waals surface area contributed by atoms with Gasteiger partial charge in [-0.3, -0.25) is 4.90 Å². The van der Waals surface area contributed by atoms with E-state index in [4.69, 9.17) is 14.2 Å². The zero-order valence-electron chi connectivity index (χ0n) is 12.6. The van der Waals surface area contributed by atoms with Gasteiger partial charge < -0.3 is 14.2 Å². The Morgan fingerprint density at radius 1 is 1.37 bits per heavy atom. The van der Waals surface area contributed by atoms with Crippen LogP contribution in [0.25, 0.3) is 0 Å². The molecule has 5 nitrogen and oxygen atoms in total. The van der Waals surface area contributed by atoms with E-state index in [1.54, 1.807) is 4.90 Å². The first kappa shape index (κ1) is 14.6. The summed E-state index contributed by atoms with van der Waals surface area (Å²) < 4.78 is 17.0. The van der Waals surface area contributed by atoms with Crippen LogP contribution in [-0.4, -0.2) is 47.7 Å². The molecule has 2 atom stereocenters. The zero-order valence-corrected chi connectivity index (χ0v) is 12.6. The smallest absolute Gasteiger partial charge is 0.412 e. The largest absolute Gasteiger partial charge is 0.444 e. The van der Waals surface area contributed by atoms with Gasteiger partial charge in [-0.15, -0.1) is 0 Å². The van der Waals surface area contributed by atoms with E-state index in [1.165, 1.54) is 0 Å². The van der Waals surface area contributed by atoms with Crippen molar-refractivity contribution in [2.75, 3.05) is 13.2 Å². The summed E-state index contributed by atoms with van der Waals surface area (Å²) in [6.45, 7) is 10.7. The third-order valence-electron chi connectivity index (χ3n) is 3.50. The van der Waals surface area contributed by atoms with Crippen LogP contribution in [0.3, 0.4) is 0 Å². The molecule has 0 spiro atoms. The third kappa shape index (κ3) is 3.20. The predicted octanol–water partition coefficient (Wildman–Crippen LogP) is 2.54. The normalized spacial score (nSPS) is 30.7. The lowest BCUT2D eigenvalue weighted by atomic mass is 10.1. The van der Waals surface area contributed by atoms with Crippen LogP contribution < -0.4 is 0 Å². The Bertz CT molecular complexity index is 342. The van der Waals surface area contributed by atoms with Crippen LogP contribution in [0.1, 0.15) is 47.5 Å². The molecule has 2 fully saturated rings. The second kappa shape index (κ2) is 4.94. The van der Waals surface area contributed by atoms with E-state index in [-0.39, 0.29) is 18.2 Å². The predicted molar refractivity (Wildman–Crippen MR) is 70.9 cm³/mol. The Morgan fingerprint density at radius 2 is 2.05 bits per heavy atom. The number of carbonyl (C=O) groups excluding carboxylic acids is 1. The minimum Gasteiger partial charge on any atom is -0.444 e. The molecule has 0 aromatic heterocycles. The van der Waals surface area contributed by atoms with Crippen LogP contribution in [0, 0.1) is 0 Å². The van der Waals surface area contributed by atoms with Crippen molar-refractivity contribution in [2.24, 2.45) is 0 Å². The van der Waals surface area contributed by atoms with E-state index in [0.717, 1.165) is 19.4 Å². The van der Waals surface area contributed by atoms with E-state index >= 15 is 0 Å². The van der Waals surface area contributed by atoms with Gasteiger partial charge in [0, 0.05) is 6.61 Å². The van der Waals surface area contributed by atoms with Crippen molar-refractivity contribution < 1.29 is 19.0 Å². The van der Waals surface area contributed by atoms with Crippen LogP contribution in [0.4, 0.5) is 4.79 Å². The van der Waals surface area contributed by atoms with E-state index in [9.17, 15) is 4.79 Å². The molecule has 1 amide bonds. The Labute approximate surface area is 115 Å². The van der Waals surface area contributed by atoms with Crippen LogP contribution in [0.5, 0.6) is 0 Å². The third-order valence-corrected chi connectivity index (χ3v) is 3.50. The van der Waals surface area contributed by atoms with Crippen molar-refractivity contribution >= 4 is 6.09 Å². The van der Waals surface area contributed by atoms with Gasteiger partial charge in [-0.1, -0.05) is 0 Å². The van der Waals surface area contributed by atoms with E-state index in [1.807, 2.05) is 34.6 Å². The molecule has 2 aliphatic heterocycles. The van der Waals surface area contributed by atoms with Gasteiger partial charge >= 0.3 is 6.09 Å². The number of hydrogen-bond donors (Lipinski definition) is 0. The van der Waals surface area contributed by atoms with Crippen LogP contribution in [0.15, 0.2) is 0 Å².